The van der Waals surface area contributed by atoms with Gasteiger partial charge in [-0.2, -0.15) is 0 Å². The molecule has 104 valence electrons. The van der Waals surface area contributed by atoms with E-state index in [-0.39, 0.29) is 11.9 Å². The first-order valence-electron chi connectivity index (χ1n) is 6.33. The van der Waals surface area contributed by atoms with Gasteiger partial charge in [0.15, 0.2) is 0 Å². The van der Waals surface area contributed by atoms with Gasteiger partial charge in [0, 0.05) is 5.02 Å². The van der Waals surface area contributed by atoms with Crippen LogP contribution in [0.15, 0.2) is 54.6 Å². The van der Waals surface area contributed by atoms with Gasteiger partial charge in [-0.3, -0.25) is 4.79 Å². The van der Waals surface area contributed by atoms with E-state index in [1.165, 1.54) is 0 Å². The summed E-state index contributed by atoms with van der Waals surface area (Å²) in [7, 11) is 0. The maximum absolute atomic E-state index is 12.1. The van der Waals surface area contributed by atoms with Crippen LogP contribution >= 0.6 is 23.2 Å². The minimum absolute atomic E-state index is 0.121. The van der Waals surface area contributed by atoms with Crippen molar-refractivity contribution in [2.45, 2.75) is 18.3 Å². The quantitative estimate of drug-likeness (QED) is 0.828. The second-order valence-corrected chi connectivity index (χ2v) is 5.43. The molecule has 1 N–H and O–H groups in total. The Morgan fingerprint density at radius 1 is 1.00 bits per heavy atom. The molecule has 0 aliphatic rings. The molecule has 2 aromatic carbocycles. The Bertz CT molecular complexity index is 569. The van der Waals surface area contributed by atoms with Crippen molar-refractivity contribution in [3.63, 3.8) is 0 Å². The third-order valence-corrected chi connectivity index (χ3v) is 3.75. The summed E-state index contributed by atoms with van der Waals surface area (Å²) in [6.07, 6.45) is 0. The Kier molecular flexibility index (Phi) is 5.05. The van der Waals surface area contributed by atoms with Crippen LogP contribution < -0.4 is 5.32 Å². The highest BCUT2D eigenvalue weighted by Gasteiger charge is 2.19. The number of rotatable bonds is 4. The Balaban J connectivity index is 2.02. The van der Waals surface area contributed by atoms with Gasteiger partial charge in [0.2, 0.25) is 5.91 Å². The molecule has 4 heteroatoms. The summed E-state index contributed by atoms with van der Waals surface area (Å²) in [5.41, 5.74) is 1.77. The van der Waals surface area contributed by atoms with Crippen molar-refractivity contribution >= 4 is 29.1 Å². The van der Waals surface area contributed by atoms with Gasteiger partial charge < -0.3 is 5.32 Å². The van der Waals surface area contributed by atoms with E-state index >= 15 is 0 Å². The second kappa shape index (κ2) is 6.78. The highest BCUT2D eigenvalue weighted by molar-refractivity contribution is 6.31. The molecule has 0 fully saturated rings. The molecule has 2 atom stereocenters. The summed E-state index contributed by atoms with van der Waals surface area (Å²) in [5.74, 6) is -0.208. The van der Waals surface area contributed by atoms with E-state index in [9.17, 15) is 4.79 Å². The van der Waals surface area contributed by atoms with Crippen LogP contribution in [0.25, 0.3) is 0 Å². The fourth-order valence-electron chi connectivity index (χ4n) is 1.89. The minimum atomic E-state index is -0.689. The summed E-state index contributed by atoms with van der Waals surface area (Å²) >= 11 is 12.0. The van der Waals surface area contributed by atoms with Crippen molar-refractivity contribution in [1.29, 1.82) is 0 Å². The molecule has 0 saturated heterocycles. The summed E-state index contributed by atoms with van der Waals surface area (Å²) in [4.78, 5) is 12.1. The smallest absolute Gasteiger partial charge is 0.243 e. The average Bonchev–Trinajstić information content (AvgIpc) is 2.48. The molecule has 0 aliphatic carbocycles. The molecule has 0 radical (unpaired) electrons. The molecule has 0 heterocycles. The number of nitrogens with one attached hydrogen (secondary N) is 1. The molecule has 2 aromatic rings. The lowest BCUT2D eigenvalue weighted by atomic mass is 10.1. The van der Waals surface area contributed by atoms with E-state index in [4.69, 9.17) is 23.2 Å². The van der Waals surface area contributed by atoms with Crippen molar-refractivity contribution in [3.05, 3.63) is 70.7 Å². The maximum atomic E-state index is 12.1. The Labute approximate surface area is 128 Å². The van der Waals surface area contributed by atoms with E-state index < -0.39 is 5.38 Å². The maximum Gasteiger partial charge on any atom is 0.243 e. The number of halogens is 2. The molecule has 0 saturated carbocycles. The van der Waals surface area contributed by atoms with Crippen LogP contribution in [0.3, 0.4) is 0 Å². The van der Waals surface area contributed by atoms with E-state index in [2.05, 4.69) is 5.32 Å². The van der Waals surface area contributed by atoms with Crippen LogP contribution in [-0.4, -0.2) is 5.91 Å². The fourth-order valence-corrected chi connectivity index (χ4v) is 2.23. The Morgan fingerprint density at radius 3 is 2.20 bits per heavy atom. The van der Waals surface area contributed by atoms with Crippen LogP contribution in [0.2, 0.25) is 5.02 Å². The highest BCUT2D eigenvalue weighted by atomic mass is 35.5. The molecule has 1 amide bonds. The van der Waals surface area contributed by atoms with Gasteiger partial charge in [-0.1, -0.05) is 54.1 Å². The lowest BCUT2D eigenvalue weighted by Gasteiger charge is -2.17. The summed E-state index contributed by atoms with van der Waals surface area (Å²) < 4.78 is 0. The molecule has 1 unspecified atom stereocenters. The minimum Gasteiger partial charge on any atom is -0.348 e. The molecular formula is C16H15Cl2NO. The zero-order valence-electron chi connectivity index (χ0n) is 11.0. The van der Waals surface area contributed by atoms with E-state index in [1.807, 2.05) is 49.4 Å². The van der Waals surface area contributed by atoms with E-state index in [0.717, 1.165) is 11.1 Å². The van der Waals surface area contributed by atoms with Crippen molar-refractivity contribution in [1.82, 2.24) is 5.32 Å². The van der Waals surface area contributed by atoms with Gasteiger partial charge in [-0.25, -0.2) is 0 Å². The number of alkyl halides is 1. The topological polar surface area (TPSA) is 29.1 Å². The van der Waals surface area contributed by atoms with Gasteiger partial charge in [-0.15, -0.1) is 11.6 Å². The largest absolute Gasteiger partial charge is 0.348 e. The fraction of sp³-hybridized carbons (Fsp3) is 0.188. The van der Waals surface area contributed by atoms with E-state index in [1.54, 1.807) is 12.1 Å². The zero-order valence-corrected chi connectivity index (χ0v) is 12.5. The SMILES string of the molecule is C[C@H](NC(=O)C(Cl)c1ccccc1)c1ccc(Cl)cc1. The second-order valence-electron chi connectivity index (χ2n) is 4.56. The predicted octanol–water partition coefficient (Wildman–Crippen LogP) is 4.50. The summed E-state index contributed by atoms with van der Waals surface area (Å²) in [5, 5.41) is 2.88. The third-order valence-electron chi connectivity index (χ3n) is 3.05. The summed E-state index contributed by atoms with van der Waals surface area (Å²) in [6, 6.07) is 16.5. The Hall–Kier alpha value is -1.51. The van der Waals surface area contributed by atoms with Crippen LogP contribution in [-0.2, 0) is 4.79 Å². The molecule has 0 aliphatic heterocycles. The van der Waals surface area contributed by atoms with Gasteiger partial charge in [-0.05, 0) is 30.2 Å². The predicted molar refractivity (Wildman–Crippen MR) is 83.0 cm³/mol. The first kappa shape index (κ1) is 14.9. The normalized spacial score (nSPS) is 13.6. The van der Waals surface area contributed by atoms with Crippen LogP contribution in [0.1, 0.15) is 29.5 Å². The standard InChI is InChI=1S/C16H15Cl2NO/c1-11(12-7-9-14(17)10-8-12)19-16(20)15(18)13-5-3-2-4-6-13/h2-11,15H,1H3,(H,19,20)/t11-,15?/m0/s1. The van der Waals surface area contributed by atoms with Crippen molar-refractivity contribution < 1.29 is 4.79 Å². The van der Waals surface area contributed by atoms with Gasteiger partial charge in [0.25, 0.3) is 0 Å². The first-order valence-corrected chi connectivity index (χ1v) is 7.14. The number of carbonyl (C=O) groups excluding carboxylic acids is 1. The number of hydrogen-bond donors (Lipinski definition) is 1. The molecule has 2 rings (SSSR count). The molecule has 0 spiro atoms. The van der Waals surface area contributed by atoms with Crippen molar-refractivity contribution in [2.24, 2.45) is 0 Å². The zero-order chi connectivity index (χ0) is 14.5. The molecule has 0 aromatic heterocycles. The van der Waals surface area contributed by atoms with Crippen LogP contribution in [0.5, 0.6) is 0 Å². The monoisotopic (exact) mass is 307 g/mol. The molecular weight excluding hydrogens is 293 g/mol. The number of benzene rings is 2. The Morgan fingerprint density at radius 2 is 1.60 bits per heavy atom. The average molecular weight is 308 g/mol. The summed E-state index contributed by atoms with van der Waals surface area (Å²) in [6.45, 7) is 1.91. The van der Waals surface area contributed by atoms with Gasteiger partial charge >= 0.3 is 0 Å². The van der Waals surface area contributed by atoms with Crippen LogP contribution in [0.4, 0.5) is 0 Å². The number of amides is 1. The third kappa shape index (κ3) is 3.75. The van der Waals surface area contributed by atoms with Crippen molar-refractivity contribution in [2.75, 3.05) is 0 Å². The van der Waals surface area contributed by atoms with Gasteiger partial charge in [0.05, 0.1) is 6.04 Å². The lowest BCUT2D eigenvalue weighted by Crippen LogP contribution is -2.29. The van der Waals surface area contributed by atoms with Crippen LogP contribution in [0, 0.1) is 0 Å². The lowest BCUT2D eigenvalue weighted by molar-refractivity contribution is -0.121. The first-order chi connectivity index (χ1) is 9.58. The van der Waals surface area contributed by atoms with Gasteiger partial charge in [0.1, 0.15) is 5.38 Å². The highest BCUT2D eigenvalue weighted by Crippen LogP contribution is 2.22. The molecule has 2 nitrogen and oxygen atoms in total. The molecule has 0 bridgehead atoms. The number of hydrogen-bond acceptors (Lipinski definition) is 1. The van der Waals surface area contributed by atoms with E-state index in [0.29, 0.717) is 5.02 Å². The number of carbonyl (C=O) groups is 1. The molecule has 20 heavy (non-hydrogen) atoms. The van der Waals surface area contributed by atoms with Crippen molar-refractivity contribution in [3.8, 4) is 0 Å².